The normalized spacial score (nSPS) is 10.6. The lowest BCUT2D eigenvalue weighted by atomic mass is 10.2. The van der Waals surface area contributed by atoms with Gasteiger partial charge in [-0.3, -0.25) is 0 Å². The number of aryl methyl sites for hydroxylation is 1. The number of rotatable bonds is 4. The Morgan fingerprint density at radius 3 is 2.17 bits per heavy atom. The minimum absolute atomic E-state index is 0.340. The fourth-order valence-corrected chi connectivity index (χ4v) is 2.28. The Hall–Kier alpha value is -1.56. The third-order valence-electron chi connectivity index (χ3n) is 2.24. The van der Waals surface area contributed by atoms with Crippen LogP contribution in [0.3, 0.4) is 0 Å². The number of nitrogens with zero attached hydrogens (tertiary/aromatic N) is 2. The molecule has 0 radical (unpaired) electrons. The van der Waals surface area contributed by atoms with Crippen molar-refractivity contribution in [3.05, 3.63) is 53.9 Å². The van der Waals surface area contributed by atoms with Crippen molar-refractivity contribution in [1.82, 2.24) is 9.97 Å². The molecule has 0 amide bonds. The van der Waals surface area contributed by atoms with E-state index in [-0.39, 0.29) is 4.90 Å². The first kappa shape index (κ1) is 12.9. The Labute approximate surface area is 106 Å². The maximum Gasteiger partial charge on any atom is 0.314 e. The van der Waals surface area contributed by atoms with Crippen molar-refractivity contribution >= 4 is 11.8 Å². The zero-order valence-electron chi connectivity index (χ0n) is 9.24. The van der Waals surface area contributed by atoms with Crippen LogP contribution in [0.2, 0.25) is 0 Å². The van der Waals surface area contributed by atoms with Crippen molar-refractivity contribution in [2.24, 2.45) is 0 Å². The second-order valence-corrected chi connectivity index (χ2v) is 4.59. The molecule has 0 spiro atoms. The summed E-state index contributed by atoms with van der Waals surface area (Å²) in [6.45, 7) is 0. The Morgan fingerprint density at radius 1 is 0.944 bits per heavy atom. The molecule has 1 aromatic heterocycles. The molecule has 0 N–H and O–H groups in total. The van der Waals surface area contributed by atoms with Gasteiger partial charge in [0.15, 0.2) is 0 Å². The zero-order valence-corrected chi connectivity index (χ0v) is 10.1. The molecule has 0 saturated heterocycles. The monoisotopic (exact) mass is 270 g/mol. The van der Waals surface area contributed by atoms with Gasteiger partial charge in [-0.05, 0) is 12.0 Å². The molecule has 94 valence electrons. The van der Waals surface area contributed by atoms with Crippen LogP contribution in [0.1, 0.15) is 5.56 Å². The summed E-state index contributed by atoms with van der Waals surface area (Å²) in [6, 6.07) is 9.52. The summed E-state index contributed by atoms with van der Waals surface area (Å²) in [5, 5.41) is 0. The van der Waals surface area contributed by atoms with Gasteiger partial charge in [0.25, 0.3) is 0 Å². The molecule has 1 heterocycles. The van der Waals surface area contributed by atoms with Gasteiger partial charge in [-0.15, -0.1) is 11.8 Å². The summed E-state index contributed by atoms with van der Waals surface area (Å²) < 4.78 is 38.9. The zero-order chi connectivity index (χ0) is 13.0. The maximum atomic E-state index is 13.2. The summed E-state index contributed by atoms with van der Waals surface area (Å²) in [5.74, 6) is -1.84. The van der Waals surface area contributed by atoms with E-state index >= 15 is 0 Å². The second-order valence-electron chi connectivity index (χ2n) is 3.49. The molecular weight excluding hydrogens is 261 g/mol. The van der Waals surface area contributed by atoms with Gasteiger partial charge in [0.05, 0.1) is 0 Å². The number of hydrogen-bond acceptors (Lipinski definition) is 3. The van der Waals surface area contributed by atoms with Crippen molar-refractivity contribution in [1.29, 1.82) is 0 Å². The number of benzene rings is 1. The van der Waals surface area contributed by atoms with Crippen molar-refractivity contribution in [3.63, 3.8) is 0 Å². The Morgan fingerprint density at radius 2 is 1.56 bits per heavy atom. The molecule has 0 aliphatic rings. The first-order chi connectivity index (χ1) is 8.66. The van der Waals surface area contributed by atoms with Crippen LogP contribution in [0.15, 0.2) is 35.2 Å². The van der Waals surface area contributed by atoms with Crippen LogP contribution in [0.4, 0.5) is 13.2 Å². The van der Waals surface area contributed by atoms with E-state index in [9.17, 15) is 13.2 Å². The Kier molecular flexibility index (Phi) is 4.19. The molecule has 2 rings (SSSR count). The average Bonchev–Trinajstić information content (AvgIpc) is 2.34. The van der Waals surface area contributed by atoms with Crippen LogP contribution in [-0.4, -0.2) is 15.7 Å². The van der Waals surface area contributed by atoms with Crippen LogP contribution in [0.25, 0.3) is 0 Å². The lowest BCUT2D eigenvalue weighted by Gasteiger charge is -2.03. The topological polar surface area (TPSA) is 25.8 Å². The van der Waals surface area contributed by atoms with Crippen molar-refractivity contribution in [3.8, 4) is 0 Å². The molecule has 0 bridgehead atoms. The van der Waals surface area contributed by atoms with Gasteiger partial charge < -0.3 is 0 Å². The SMILES string of the molecule is Fc1nc(F)c(SCCc2ccccc2)c(F)n1. The highest BCUT2D eigenvalue weighted by Gasteiger charge is 2.14. The van der Waals surface area contributed by atoms with Gasteiger partial charge in [-0.25, -0.2) is 0 Å². The molecule has 0 fully saturated rings. The van der Waals surface area contributed by atoms with Crippen LogP contribution in [-0.2, 0) is 6.42 Å². The molecule has 0 aliphatic heterocycles. The summed E-state index contributed by atoms with van der Waals surface area (Å²) in [7, 11) is 0. The molecule has 2 nitrogen and oxygen atoms in total. The number of aromatic nitrogens is 2. The van der Waals surface area contributed by atoms with Crippen molar-refractivity contribution in [2.75, 3.05) is 5.75 Å². The number of hydrogen-bond donors (Lipinski definition) is 0. The van der Waals surface area contributed by atoms with E-state index in [0.29, 0.717) is 12.2 Å². The van der Waals surface area contributed by atoms with Gasteiger partial charge in [0.2, 0.25) is 11.9 Å². The highest BCUT2D eigenvalue weighted by molar-refractivity contribution is 7.99. The van der Waals surface area contributed by atoms with E-state index in [4.69, 9.17) is 0 Å². The highest BCUT2D eigenvalue weighted by atomic mass is 32.2. The molecular formula is C12H9F3N2S. The summed E-state index contributed by atoms with van der Waals surface area (Å²) in [6.07, 6.45) is -0.737. The van der Waals surface area contributed by atoms with Crippen molar-refractivity contribution in [2.45, 2.75) is 11.3 Å². The van der Waals surface area contributed by atoms with E-state index < -0.39 is 18.0 Å². The predicted octanol–water partition coefficient (Wildman–Crippen LogP) is 3.23. The van der Waals surface area contributed by atoms with E-state index in [0.717, 1.165) is 17.3 Å². The van der Waals surface area contributed by atoms with E-state index in [1.54, 1.807) is 0 Å². The Balaban J connectivity index is 1.99. The first-order valence-electron chi connectivity index (χ1n) is 5.22. The Bertz CT molecular complexity index is 511. The largest absolute Gasteiger partial charge is 0.314 e. The molecule has 0 unspecified atom stereocenters. The van der Waals surface area contributed by atoms with Crippen molar-refractivity contribution < 1.29 is 13.2 Å². The van der Waals surface area contributed by atoms with E-state index in [2.05, 4.69) is 9.97 Å². The van der Waals surface area contributed by atoms with Gasteiger partial charge >= 0.3 is 6.08 Å². The number of halogens is 3. The maximum absolute atomic E-state index is 13.2. The van der Waals surface area contributed by atoms with Crippen LogP contribution in [0.5, 0.6) is 0 Å². The number of thioether (sulfide) groups is 1. The molecule has 1 aromatic carbocycles. The fraction of sp³-hybridized carbons (Fsp3) is 0.167. The first-order valence-corrected chi connectivity index (χ1v) is 6.20. The summed E-state index contributed by atoms with van der Waals surface area (Å²) in [4.78, 5) is 5.37. The van der Waals surface area contributed by atoms with Gasteiger partial charge in [-0.2, -0.15) is 23.1 Å². The molecule has 0 atom stereocenters. The quantitative estimate of drug-likeness (QED) is 0.484. The minimum Gasteiger partial charge on any atom is -0.183 e. The lowest BCUT2D eigenvalue weighted by Crippen LogP contribution is -2.01. The van der Waals surface area contributed by atoms with Gasteiger partial charge in [0.1, 0.15) is 4.90 Å². The third-order valence-corrected chi connectivity index (χ3v) is 3.27. The standard InChI is InChI=1S/C12H9F3N2S/c13-10-9(11(14)17-12(15)16-10)18-7-6-8-4-2-1-3-5-8/h1-5H,6-7H2. The third kappa shape index (κ3) is 3.22. The predicted molar refractivity (Wildman–Crippen MR) is 62.8 cm³/mol. The smallest absolute Gasteiger partial charge is 0.183 e. The van der Waals surface area contributed by atoms with Gasteiger partial charge in [0, 0.05) is 5.75 Å². The van der Waals surface area contributed by atoms with Gasteiger partial charge in [-0.1, -0.05) is 30.3 Å². The van der Waals surface area contributed by atoms with Crippen LogP contribution in [0, 0.1) is 18.0 Å². The van der Waals surface area contributed by atoms with Crippen LogP contribution >= 0.6 is 11.8 Å². The fourth-order valence-electron chi connectivity index (χ4n) is 1.41. The second kappa shape index (κ2) is 5.86. The lowest BCUT2D eigenvalue weighted by molar-refractivity contribution is 0.412. The molecule has 0 saturated carbocycles. The molecule has 0 aliphatic carbocycles. The average molecular weight is 270 g/mol. The van der Waals surface area contributed by atoms with Crippen LogP contribution < -0.4 is 0 Å². The molecule has 18 heavy (non-hydrogen) atoms. The molecule has 2 aromatic rings. The molecule has 6 heteroatoms. The summed E-state index contributed by atoms with van der Waals surface area (Å²) >= 11 is 0.936. The van der Waals surface area contributed by atoms with E-state index in [1.807, 2.05) is 30.3 Å². The minimum atomic E-state index is -1.39. The van der Waals surface area contributed by atoms with E-state index in [1.165, 1.54) is 0 Å². The summed E-state index contributed by atoms with van der Waals surface area (Å²) in [5.41, 5.74) is 1.06. The highest BCUT2D eigenvalue weighted by Crippen LogP contribution is 2.23.